The van der Waals surface area contributed by atoms with Gasteiger partial charge in [-0.1, -0.05) is 30.7 Å². The Morgan fingerprint density at radius 1 is 1.02 bits per heavy atom. The monoisotopic (exact) mass is 660 g/mol. The van der Waals surface area contributed by atoms with Crippen LogP contribution >= 0.6 is 11.8 Å². The van der Waals surface area contributed by atoms with Gasteiger partial charge in [-0.3, -0.25) is 24.1 Å². The summed E-state index contributed by atoms with van der Waals surface area (Å²) in [6.45, 7) is -0.462. The van der Waals surface area contributed by atoms with Crippen molar-refractivity contribution >= 4 is 41.5 Å². The van der Waals surface area contributed by atoms with Crippen LogP contribution in [0.3, 0.4) is 0 Å². The van der Waals surface area contributed by atoms with Crippen molar-refractivity contribution in [3.05, 3.63) is 47.5 Å². The fourth-order valence-corrected chi connectivity index (χ4v) is 7.64. The van der Waals surface area contributed by atoms with Gasteiger partial charge in [-0.05, 0) is 18.4 Å². The van der Waals surface area contributed by atoms with Gasteiger partial charge in [0.2, 0.25) is 5.91 Å². The molecule has 0 aliphatic carbocycles. The summed E-state index contributed by atoms with van der Waals surface area (Å²) in [6.07, 6.45) is -2.01. The molecule has 15 nitrogen and oxygen atoms in total. The van der Waals surface area contributed by atoms with Crippen LogP contribution in [0.25, 0.3) is 0 Å². The Kier molecular flexibility index (Phi) is 9.91. The van der Waals surface area contributed by atoms with E-state index in [1.165, 1.54) is 0 Å². The van der Waals surface area contributed by atoms with Crippen LogP contribution in [0.4, 0.5) is 4.79 Å². The second-order valence-electron chi connectivity index (χ2n) is 11.8. The zero-order valence-electron chi connectivity index (χ0n) is 24.7. The summed E-state index contributed by atoms with van der Waals surface area (Å²) in [5.74, 6) is -1.38. The first-order valence-electron chi connectivity index (χ1n) is 15.2. The first-order chi connectivity index (χ1) is 22.2. The number of aliphatic hydroxyl groups excluding tert-OH is 2. The molecule has 0 bridgehead atoms. The highest BCUT2D eigenvalue weighted by Gasteiger charge is 2.49. The largest absolute Gasteiger partial charge is 0.461 e. The Morgan fingerprint density at radius 3 is 2.54 bits per heavy atom. The average molecular weight is 661 g/mol. The molecule has 4 fully saturated rings. The number of urea groups is 1. The summed E-state index contributed by atoms with van der Waals surface area (Å²) in [7, 11) is 0. The molecule has 46 heavy (non-hydrogen) atoms. The quantitative estimate of drug-likeness (QED) is 0.0871. The van der Waals surface area contributed by atoms with Crippen molar-refractivity contribution in [3.63, 3.8) is 0 Å². The third kappa shape index (κ3) is 7.21. The lowest BCUT2D eigenvalue weighted by Gasteiger charge is -2.46. The minimum Gasteiger partial charge on any atom is -0.461 e. The Hall–Kier alpha value is -3.54. The molecule has 5 N–H and O–H groups in total. The van der Waals surface area contributed by atoms with E-state index in [1.54, 1.807) is 24.3 Å². The number of aliphatic hydroxyl groups is 2. The van der Waals surface area contributed by atoms with Crippen molar-refractivity contribution in [2.45, 2.75) is 86.6 Å². The number of rotatable bonds is 11. The molecular formula is C30H36N4O11S. The normalized spacial score (nSPS) is 33.3. The van der Waals surface area contributed by atoms with Crippen molar-refractivity contribution in [1.29, 1.82) is 0 Å². The standard InChI is InChI=1S/C30H36N4O11S/c35-20(11-34-21(36)9-10-22(34)37)32-28-26(40)25(39)27-18(44-28)13-43-29(45-27)16-7-5-15(6-8-16)12-42-23(38)4-2-1-3-19-24-17(14-46-19)31-30(41)33-24/h5-10,17-19,24-29,39-40H,1-4,11-14H2,(H,32,35)(H2,31,33,41)/t17-,18+,19-,24-,25+,26+,27?,28+,29?/m0/s1. The Morgan fingerprint density at radius 2 is 1.78 bits per heavy atom. The van der Waals surface area contributed by atoms with E-state index in [9.17, 15) is 34.2 Å². The molecule has 5 aliphatic heterocycles. The number of ether oxygens (including phenoxy) is 4. The summed E-state index contributed by atoms with van der Waals surface area (Å²) >= 11 is 1.85. The molecular weight excluding hydrogens is 624 g/mol. The number of nitrogens with zero attached hydrogens (tertiary/aromatic N) is 1. The van der Waals surface area contributed by atoms with Crippen LogP contribution in [-0.4, -0.2) is 112 Å². The summed E-state index contributed by atoms with van der Waals surface area (Å²) in [4.78, 5) is 60.4. The zero-order valence-corrected chi connectivity index (χ0v) is 25.6. The van der Waals surface area contributed by atoms with E-state index >= 15 is 0 Å². The van der Waals surface area contributed by atoms with E-state index in [1.807, 2.05) is 11.8 Å². The first kappa shape index (κ1) is 32.4. The summed E-state index contributed by atoms with van der Waals surface area (Å²) < 4.78 is 22.9. The summed E-state index contributed by atoms with van der Waals surface area (Å²) in [5.41, 5.74) is 1.41. The number of thioether (sulfide) groups is 1. The topological polar surface area (TPSA) is 202 Å². The van der Waals surface area contributed by atoms with E-state index in [4.69, 9.17) is 18.9 Å². The zero-order chi connectivity index (χ0) is 32.4. The van der Waals surface area contributed by atoms with Crippen LogP contribution in [-0.2, 0) is 44.7 Å². The van der Waals surface area contributed by atoms with Crippen LogP contribution < -0.4 is 16.0 Å². The Bertz CT molecular complexity index is 1360. The third-order valence-corrected chi connectivity index (χ3v) is 10.1. The molecule has 5 amide bonds. The van der Waals surface area contributed by atoms with Crippen LogP contribution in [0, 0.1) is 0 Å². The van der Waals surface area contributed by atoms with Crippen molar-refractivity contribution in [2.75, 3.05) is 18.9 Å². The Labute approximate surface area is 268 Å². The number of nitrogens with one attached hydrogen (secondary N) is 3. The molecule has 0 spiro atoms. The van der Waals surface area contributed by atoms with Crippen LogP contribution in [0.2, 0.25) is 0 Å². The number of imide groups is 1. The van der Waals surface area contributed by atoms with Crippen molar-refractivity contribution < 1.29 is 53.1 Å². The van der Waals surface area contributed by atoms with Crippen molar-refractivity contribution in [3.8, 4) is 0 Å². The molecule has 0 saturated carbocycles. The van der Waals surface area contributed by atoms with Gasteiger partial charge >= 0.3 is 12.0 Å². The van der Waals surface area contributed by atoms with E-state index in [-0.39, 0.29) is 37.3 Å². The highest BCUT2D eigenvalue weighted by Crippen LogP contribution is 2.35. The fraction of sp³-hybridized carbons (Fsp3) is 0.567. The van der Waals surface area contributed by atoms with Crippen LogP contribution in [0.1, 0.15) is 43.1 Å². The lowest BCUT2D eigenvalue weighted by molar-refractivity contribution is -0.330. The number of carbonyl (C=O) groups is 5. The Balaban J connectivity index is 0.910. The van der Waals surface area contributed by atoms with Crippen LogP contribution in [0.5, 0.6) is 0 Å². The first-order valence-corrected chi connectivity index (χ1v) is 16.3. The van der Waals surface area contributed by atoms with Gasteiger partial charge in [-0.2, -0.15) is 11.8 Å². The van der Waals surface area contributed by atoms with Crippen molar-refractivity contribution in [2.24, 2.45) is 0 Å². The molecule has 0 aromatic heterocycles. The molecule has 5 heterocycles. The maximum absolute atomic E-state index is 12.4. The predicted molar refractivity (Wildman–Crippen MR) is 158 cm³/mol. The van der Waals surface area contributed by atoms with Gasteiger partial charge in [0.05, 0.1) is 18.7 Å². The number of benzene rings is 1. The SMILES string of the molecule is O=C(CN1C(=O)C=CC1=O)N[C@@H]1O[C@@H]2COC(c3ccc(COC(=O)CCCC[C@@H]4SC[C@@H]5NC(=O)N[C@@H]54)cc3)OC2[C@H](O)[C@H]1O. The van der Waals surface area contributed by atoms with Gasteiger partial charge in [0, 0.05) is 35.1 Å². The molecule has 9 atom stereocenters. The fourth-order valence-electron chi connectivity index (χ4n) is 6.10. The maximum atomic E-state index is 12.4. The second-order valence-corrected chi connectivity index (χ2v) is 13.0. The van der Waals surface area contributed by atoms with Crippen LogP contribution in [0.15, 0.2) is 36.4 Å². The minimum atomic E-state index is -1.55. The number of unbranched alkanes of at least 4 members (excludes halogenated alkanes) is 1. The second kappa shape index (κ2) is 14.1. The predicted octanol–water partition coefficient (Wildman–Crippen LogP) is -0.642. The molecule has 16 heteroatoms. The lowest BCUT2D eigenvalue weighted by atomic mass is 9.97. The van der Waals surface area contributed by atoms with Crippen molar-refractivity contribution in [1.82, 2.24) is 20.9 Å². The highest BCUT2D eigenvalue weighted by molar-refractivity contribution is 8.00. The third-order valence-electron chi connectivity index (χ3n) is 8.59. The number of esters is 1. The molecule has 4 saturated heterocycles. The summed E-state index contributed by atoms with van der Waals surface area (Å²) in [5, 5.41) is 30.1. The number of hydrogen-bond donors (Lipinski definition) is 5. The number of hydrogen-bond acceptors (Lipinski definition) is 12. The number of fused-ring (bicyclic) bond motifs is 2. The molecule has 0 radical (unpaired) electrons. The average Bonchev–Trinajstić information content (AvgIpc) is 3.70. The molecule has 2 unspecified atom stereocenters. The van der Waals surface area contributed by atoms with Gasteiger partial charge in [-0.25, -0.2) is 4.79 Å². The number of amides is 5. The lowest BCUT2D eigenvalue weighted by Crippen LogP contribution is -2.65. The highest BCUT2D eigenvalue weighted by atomic mass is 32.2. The maximum Gasteiger partial charge on any atom is 0.315 e. The van der Waals surface area contributed by atoms with Gasteiger partial charge in [-0.15, -0.1) is 0 Å². The number of carbonyl (C=O) groups excluding carboxylic acids is 5. The smallest absolute Gasteiger partial charge is 0.315 e. The van der Waals surface area contributed by atoms with E-state index in [0.29, 0.717) is 23.7 Å². The molecule has 1 aromatic rings. The molecule has 248 valence electrons. The summed E-state index contributed by atoms with van der Waals surface area (Å²) in [6, 6.07) is 7.30. The van der Waals surface area contributed by atoms with Gasteiger partial charge < -0.3 is 45.1 Å². The van der Waals surface area contributed by atoms with Gasteiger partial charge in [0.25, 0.3) is 11.8 Å². The molecule has 5 aliphatic rings. The van der Waals surface area contributed by atoms with Gasteiger partial charge in [0.15, 0.2) is 12.5 Å². The van der Waals surface area contributed by atoms with E-state index < -0.39 is 61.2 Å². The van der Waals surface area contributed by atoms with E-state index in [0.717, 1.165) is 41.2 Å². The van der Waals surface area contributed by atoms with E-state index in [2.05, 4.69) is 16.0 Å². The van der Waals surface area contributed by atoms with Gasteiger partial charge in [0.1, 0.15) is 37.6 Å². The molecule has 6 rings (SSSR count). The molecule has 1 aromatic carbocycles. The minimum absolute atomic E-state index is 0.00986.